The molecule has 50 valence electrons. The third kappa shape index (κ3) is 1.21. The van der Waals surface area contributed by atoms with Gasteiger partial charge < -0.3 is 0 Å². The first-order valence-corrected chi connectivity index (χ1v) is 4.40. The summed E-state index contributed by atoms with van der Waals surface area (Å²) in [4.78, 5) is 0. The monoisotopic (exact) mass is 144 g/mol. The molecule has 3 heteroatoms. The Morgan fingerprint density at radius 2 is 1.44 bits per heavy atom. The fourth-order valence-corrected chi connectivity index (χ4v) is 2.36. The Morgan fingerprint density at radius 1 is 1.11 bits per heavy atom. The van der Waals surface area contributed by atoms with Crippen molar-refractivity contribution in [1.82, 2.24) is 0 Å². The summed E-state index contributed by atoms with van der Waals surface area (Å²) in [5.74, 6) is 0.206. The van der Waals surface area contributed by atoms with Crippen LogP contribution in [-0.4, -0.2) is 19.9 Å². The second-order valence-electron chi connectivity index (χ2n) is 2.24. The fraction of sp³-hybridized carbons (Fsp3) is 0.333. The second kappa shape index (κ2) is 1.70. The largest absolute Gasteiger partial charge is 0.228 e. The van der Waals surface area contributed by atoms with Crippen molar-refractivity contribution in [3.8, 4) is 0 Å². The van der Waals surface area contributed by atoms with Crippen LogP contribution in [0.2, 0.25) is 0 Å². The van der Waals surface area contributed by atoms with Gasteiger partial charge in [-0.1, -0.05) is 13.2 Å². The number of rotatable bonds is 0. The summed E-state index contributed by atoms with van der Waals surface area (Å²) < 4.78 is 21.5. The molecule has 0 aromatic carbocycles. The van der Waals surface area contributed by atoms with Crippen molar-refractivity contribution in [2.24, 2.45) is 0 Å². The van der Waals surface area contributed by atoms with E-state index < -0.39 is 9.84 Å². The maximum absolute atomic E-state index is 10.7. The van der Waals surface area contributed by atoms with E-state index in [1.165, 1.54) is 0 Å². The van der Waals surface area contributed by atoms with E-state index >= 15 is 0 Å². The smallest absolute Gasteiger partial charge is 0.158 e. The van der Waals surface area contributed by atoms with Gasteiger partial charge in [0.05, 0.1) is 11.5 Å². The van der Waals surface area contributed by atoms with Crippen molar-refractivity contribution < 1.29 is 8.42 Å². The van der Waals surface area contributed by atoms with Crippen LogP contribution in [-0.2, 0) is 9.84 Å². The summed E-state index contributed by atoms with van der Waals surface area (Å²) in [6.45, 7) is 7.10. The van der Waals surface area contributed by atoms with Gasteiger partial charge in [0.2, 0.25) is 0 Å². The third-order valence-corrected chi connectivity index (χ3v) is 2.86. The quantitative estimate of drug-likeness (QED) is 0.497. The van der Waals surface area contributed by atoms with Crippen LogP contribution in [0.15, 0.2) is 24.3 Å². The lowest BCUT2D eigenvalue weighted by molar-refractivity contribution is 0.603. The van der Waals surface area contributed by atoms with Gasteiger partial charge in [0.1, 0.15) is 0 Å². The van der Waals surface area contributed by atoms with E-state index in [1.54, 1.807) is 0 Å². The van der Waals surface area contributed by atoms with Crippen LogP contribution < -0.4 is 0 Å². The predicted molar refractivity (Wildman–Crippen MR) is 36.9 cm³/mol. The van der Waals surface area contributed by atoms with Crippen LogP contribution in [0.5, 0.6) is 0 Å². The third-order valence-electron chi connectivity index (χ3n) is 1.29. The lowest BCUT2D eigenvalue weighted by Crippen LogP contribution is -1.99. The van der Waals surface area contributed by atoms with Gasteiger partial charge in [-0.2, -0.15) is 0 Å². The highest BCUT2D eigenvalue weighted by Crippen LogP contribution is 2.19. The molecular formula is C6H8O2S. The highest BCUT2D eigenvalue weighted by Gasteiger charge is 2.23. The Morgan fingerprint density at radius 3 is 1.56 bits per heavy atom. The first-order chi connectivity index (χ1) is 4.01. The van der Waals surface area contributed by atoms with E-state index in [1.807, 2.05) is 0 Å². The molecule has 1 fully saturated rings. The maximum Gasteiger partial charge on any atom is 0.158 e. The van der Waals surface area contributed by atoms with Crippen molar-refractivity contribution in [1.29, 1.82) is 0 Å². The molecule has 9 heavy (non-hydrogen) atoms. The van der Waals surface area contributed by atoms with E-state index in [0.29, 0.717) is 11.1 Å². The Hall–Kier alpha value is -0.570. The van der Waals surface area contributed by atoms with E-state index in [9.17, 15) is 8.42 Å². The SMILES string of the molecule is C=C1CS(=O)(=O)CC1=C. The van der Waals surface area contributed by atoms with Gasteiger partial charge in [-0.3, -0.25) is 0 Å². The van der Waals surface area contributed by atoms with E-state index in [2.05, 4.69) is 13.2 Å². The Bertz CT molecular complexity index is 237. The second-order valence-corrected chi connectivity index (χ2v) is 4.30. The van der Waals surface area contributed by atoms with Gasteiger partial charge in [0.15, 0.2) is 9.84 Å². The summed E-state index contributed by atoms with van der Waals surface area (Å²) in [5, 5.41) is 0. The molecular weight excluding hydrogens is 136 g/mol. The molecule has 1 aliphatic heterocycles. The predicted octanol–water partition coefficient (Wildman–Crippen LogP) is 0.527. The summed E-state index contributed by atoms with van der Waals surface area (Å²) in [5.41, 5.74) is 1.32. The molecule has 1 aliphatic rings. The molecule has 0 amide bonds. The number of hydrogen-bond acceptors (Lipinski definition) is 2. The molecule has 0 aliphatic carbocycles. The van der Waals surface area contributed by atoms with Crippen molar-refractivity contribution in [3.63, 3.8) is 0 Å². The van der Waals surface area contributed by atoms with Gasteiger partial charge in [-0.25, -0.2) is 8.42 Å². The minimum atomic E-state index is -2.84. The van der Waals surface area contributed by atoms with E-state index in [4.69, 9.17) is 0 Å². The normalized spacial score (nSPS) is 24.9. The van der Waals surface area contributed by atoms with Crippen LogP contribution in [0.25, 0.3) is 0 Å². The van der Waals surface area contributed by atoms with Crippen LogP contribution in [0, 0.1) is 0 Å². The fourth-order valence-electron chi connectivity index (χ4n) is 0.786. The van der Waals surface area contributed by atoms with Gasteiger partial charge in [0, 0.05) is 0 Å². The van der Waals surface area contributed by atoms with Crippen LogP contribution >= 0.6 is 0 Å². The molecule has 0 aromatic heterocycles. The maximum atomic E-state index is 10.7. The molecule has 1 saturated heterocycles. The molecule has 1 rings (SSSR count). The van der Waals surface area contributed by atoms with E-state index in [-0.39, 0.29) is 11.5 Å². The zero-order valence-corrected chi connectivity index (χ0v) is 5.87. The standard InChI is InChI=1S/C6H8O2S/c1-5-3-9(7,8)4-6(5)2/h1-4H2. The summed E-state index contributed by atoms with van der Waals surface area (Å²) in [6.07, 6.45) is 0. The lowest BCUT2D eigenvalue weighted by Gasteiger charge is -1.84. The van der Waals surface area contributed by atoms with Crippen molar-refractivity contribution in [3.05, 3.63) is 24.3 Å². The van der Waals surface area contributed by atoms with E-state index in [0.717, 1.165) is 0 Å². The molecule has 0 atom stereocenters. The summed E-state index contributed by atoms with van der Waals surface area (Å²) in [6, 6.07) is 0. The molecule has 0 aromatic rings. The Balaban J connectivity index is 3.03. The number of sulfone groups is 1. The van der Waals surface area contributed by atoms with Gasteiger partial charge in [-0.15, -0.1) is 0 Å². The Labute approximate surface area is 54.8 Å². The van der Waals surface area contributed by atoms with Crippen molar-refractivity contribution in [2.45, 2.75) is 0 Å². The zero-order chi connectivity index (χ0) is 7.07. The first-order valence-electron chi connectivity index (χ1n) is 2.57. The zero-order valence-electron chi connectivity index (χ0n) is 5.05. The van der Waals surface area contributed by atoms with Crippen molar-refractivity contribution in [2.75, 3.05) is 11.5 Å². The first kappa shape index (κ1) is 6.55. The number of hydrogen-bond donors (Lipinski definition) is 0. The topological polar surface area (TPSA) is 34.1 Å². The molecule has 0 saturated carbocycles. The van der Waals surface area contributed by atoms with Gasteiger partial charge >= 0.3 is 0 Å². The summed E-state index contributed by atoms with van der Waals surface area (Å²) >= 11 is 0. The van der Waals surface area contributed by atoms with Gasteiger partial charge in [-0.05, 0) is 11.1 Å². The molecule has 0 unspecified atom stereocenters. The van der Waals surface area contributed by atoms with Gasteiger partial charge in [0.25, 0.3) is 0 Å². The van der Waals surface area contributed by atoms with Crippen LogP contribution in [0.1, 0.15) is 0 Å². The highest BCUT2D eigenvalue weighted by molar-refractivity contribution is 7.92. The molecule has 0 spiro atoms. The van der Waals surface area contributed by atoms with Crippen LogP contribution in [0.3, 0.4) is 0 Å². The van der Waals surface area contributed by atoms with Crippen LogP contribution in [0.4, 0.5) is 0 Å². The molecule has 0 N–H and O–H groups in total. The Kier molecular flexibility index (Phi) is 1.24. The molecule has 1 heterocycles. The summed E-state index contributed by atoms with van der Waals surface area (Å²) in [7, 11) is -2.84. The molecule has 0 radical (unpaired) electrons. The molecule has 0 bridgehead atoms. The average molecular weight is 144 g/mol. The van der Waals surface area contributed by atoms with Crippen molar-refractivity contribution >= 4 is 9.84 Å². The average Bonchev–Trinajstić information content (AvgIpc) is 1.79. The lowest BCUT2D eigenvalue weighted by atomic mass is 10.2. The highest BCUT2D eigenvalue weighted by atomic mass is 32.2. The molecule has 2 nitrogen and oxygen atoms in total. The minimum absolute atomic E-state index is 0.103. The minimum Gasteiger partial charge on any atom is -0.228 e.